The van der Waals surface area contributed by atoms with E-state index in [-0.39, 0.29) is 18.1 Å². The maximum absolute atomic E-state index is 13.2. The van der Waals surface area contributed by atoms with Gasteiger partial charge in [0.15, 0.2) is 0 Å². The van der Waals surface area contributed by atoms with Gasteiger partial charge in [-0.25, -0.2) is 4.79 Å². The number of hydrogen-bond donors (Lipinski definition) is 3. The second-order valence-electron chi connectivity index (χ2n) is 10.3. The highest BCUT2D eigenvalue weighted by Gasteiger charge is 2.29. The number of carbonyl (C=O) groups excluding carboxylic acids is 2. The first-order valence-electron chi connectivity index (χ1n) is 12.9. The number of hydrogen-bond acceptors (Lipinski definition) is 6. The fourth-order valence-electron chi connectivity index (χ4n) is 4.35. The van der Waals surface area contributed by atoms with Gasteiger partial charge in [0.05, 0.1) is 29.1 Å². The van der Waals surface area contributed by atoms with Gasteiger partial charge in [-0.15, -0.1) is 0 Å². The van der Waals surface area contributed by atoms with Crippen molar-refractivity contribution in [3.63, 3.8) is 0 Å². The smallest absolute Gasteiger partial charge is 0.338 e. The van der Waals surface area contributed by atoms with Gasteiger partial charge in [-0.1, -0.05) is 48.5 Å². The van der Waals surface area contributed by atoms with Gasteiger partial charge in [0.25, 0.3) is 5.91 Å². The molecule has 0 fully saturated rings. The zero-order chi connectivity index (χ0) is 27.3. The van der Waals surface area contributed by atoms with Crippen LogP contribution in [0.5, 0.6) is 0 Å². The summed E-state index contributed by atoms with van der Waals surface area (Å²) < 4.78 is 5.11. The minimum atomic E-state index is -0.416. The molecule has 1 aliphatic heterocycles. The van der Waals surface area contributed by atoms with E-state index < -0.39 is 5.97 Å². The summed E-state index contributed by atoms with van der Waals surface area (Å²) in [5.74, 6) is -0.644. The molecule has 7 nitrogen and oxygen atoms in total. The van der Waals surface area contributed by atoms with Crippen molar-refractivity contribution in [3.05, 3.63) is 95.1 Å². The van der Waals surface area contributed by atoms with Crippen LogP contribution in [0.15, 0.2) is 72.8 Å². The molecule has 0 radical (unpaired) electrons. The Labute approximate surface area is 224 Å². The summed E-state index contributed by atoms with van der Waals surface area (Å²) >= 11 is 0. The predicted octanol–water partition coefficient (Wildman–Crippen LogP) is 5.36. The highest BCUT2D eigenvalue weighted by atomic mass is 16.5. The van der Waals surface area contributed by atoms with Gasteiger partial charge >= 0.3 is 5.97 Å². The number of esters is 1. The Morgan fingerprint density at radius 2 is 1.74 bits per heavy atom. The first kappa shape index (κ1) is 27.1. The van der Waals surface area contributed by atoms with Crippen molar-refractivity contribution in [2.45, 2.75) is 39.3 Å². The number of carbonyl (C=O) groups is 2. The lowest BCUT2D eigenvalue weighted by atomic mass is 9.99. The molecule has 0 saturated heterocycles. The molecule has 0 unspecified atom stereocenters. The molecule has 0 spiro atoms. The fraction of sp³-hybridized carbons (Fsp3) is 0.290. The van der Waals surface area contributed by atoms with Crippen LogP contribution in [0.1, 0.15) is 54.2 Å². The highest BCUT2D eigenvalue weighted by molar-refractivity contribution is 6.37. The van der Waals surface area contributed by atoms with Gasteiger partial charge in [-0.2, -0.15) is 0 Å². The highest BCUT2D eigenvalue weighted by Crippen LogP contribution is 2.38. The number of nitrogens with zero attached hydrogens (tertiary/aromatic N) is 1. The molecular formula is C31H36N4O3. The van der Waals surface area contributed by atoms with E-state index in [1.807, 2.05) is 56.3 Å². The minimum absolute atomic E-state index is 0.186. The summed E-state index contributed by atoms with van der Waals surface area (Å²) in [5, 5.41) is 6.40. The topological polar surface area (TPSA) is 96.7 Å². The number of rotatable bonds is 10. The van der Waals surface area contributed by atoms with E-state index >= 15 is 0 Å². The summed E-state index contributed by atoms with van der Waals surface area (Å²) in [7, 11) is 2.10. The Kier molecular flexibility index (Phi) is 8.29. The summed E-state index contributed by atoms with van der Waals surface area (Å²) in [5.41, 5.74) is 11.8. The average molecular weight is 513 g/mol. The second kappa shape index (κ2) is 11.6. The van der Waals surface area contributed by atoms with Crippen molar-refractivity contribution in [1.29, 1.82) is 0 Å². The van der Waals surface area contributed by atoms with Crippen molar-refractivity contribution in [2.75, 3.05) is 30.8 Å². The summed E-state index contributed by atoms with van der Waals surface area (Å²) in [4.78, 5) is 27.7. The van der Waals surface area contributed by atoms with Crippen molar-refractivity contribution in [3.8, 4) is 0 Å². The lowest BCUT2D eigenvalue weighted by Gasteiger charge is -2.23. The maximum atomic E-state index is 13.2. The Hall–Kier alpha value is -3.94. The van der Waals surface area contributed by atoms with Crippen LogP contribution in [0.3, 0.4) is 0 Å². The molecule has 198 valence electrons. The number of nitrogens with two attached hydrogens (primary N) is 1. The molecule has 38 heavy (non-hydrogen) atoms. The van der Waals surface area contributed by atoms with Crippen molar-refractivity contribution in [1.82, 2.24) is 4.90 Å². The first-order valence-corrected chi connectivity index (χ1v) is 12.9. The van der Waals surface area contributed by atoms with Crippen LogP contribution in [-0.4, -0.2) is 42.5 Å². The monoisotopic (exact) mass is 512 g/mol. The molecule has 1 aliphatic rings. The summed E-state index contributed by atoms with van der Waals surface area (Å²) in [6.07, 6.45) is 0.919. The maximum Gasteiger partial charge on any atom is 0.338 e. The number of fused-ring (bicyclic) bond motifs is 1. The number of amides is 1. The molecule has 1 heterocycles. The van der Waals surface area contributed by atoms with E-state index in [4.69, 9.17) is 10.5 Å². The first-order chi connectivity index (χ1) is 18.1. The molecule has 0 bridgehead atoms. The molecule has 0 aromatic heterocycles. The molecule has 7 heteroatoms. The standard InChI is InChI=1S/C31H36N4O3/c1-5-38-30(37)23-13-16-25-26(19-23)34-29(36)27(25)28(22-9-7-6-8-10-22)33-24-14-11-21(12-15-24)20-35(4)18-17-31(2,3)32/h6-16,19,33H,5,17-18,20,32H2,1-4H3,(H,34,36). The van der Waals surface area contributed by atoms with E-state index in [1.165, 1.54) is 5.56 Å². The normalized spacial score (nSPS) is 14.2. The van der Waals surface area contributed by atoms with Crippen molar-refractivity contribution in [2.24, 2.45) is 5.73 Å². The number of ether oxygens (including phenoxy) is 1. The zero-order valence-electron chi connectivity index (χ0n) is 22.5. The quantitative estimate of drug-likeness (QED) is 0.250. The molecule has 0 saturated carbocycles. The van der Waals surface area contributed by atoms with Crippen LogP contribution in [0.25, 0.3) is 11.3 Å². The Balaban J connectivity index is 1.62. The minimum Gasteiger partial charge on any atom is -0.462 e. The second-order valence-corrected chi connectivity index (χ2v) is 10.3. The van der Waals surface area contributed by atoms with Gasteiger partial charge in [-0.05, 0) is 76.2 Å². The van der Waals surface area contributed by atoms with E-state index in [2.05, 4.69) is 34.7 Å². The lowest BCUT2D eigenvalue weighted by molar-refractivity contribution is -0.110. The van der Waals surface area contributed by atoms with Gasteiger partial charge in [0, 0.05) is 23.3 Å². The van der Waals surface area contributed by atoms with E-state index in [1.54, 1.807) is 25.1 Å². The summed E-state index contributed by atoms with van der Waals surface area (Å²) in [6.45, 7) is 7.88. The predicted molar refractivity (Wildman–Crippen MR) is 154 cm³/mol. The van der Waals surface area contributed by atoms with Gasteiger partial charge in [0.2, 0.25) is 0 Å². The molecule has 1 amide bonds. The third-order valence-electron chi connectivity index (χ3n) is 6.40. The molecule has 0 atom stereocenters. The van der Waals surface area contributed by atoms with E-state index in [0.29, 0.717) is 22.5 Å². The summed E-state index contributed by atoms with van der Waals surface area (Å²) in [6, 6.07) is 23.1. The van der Waals surface area contributed by atoms with Gasteiger partial charge in [0.1, 0.15) is 0 Å². The number of anilines is 2. The molecule has 0 aliphatic carbocycles. The van der Waals surface area contributed by atoms with Crippen LogP contribution in [0.2, 0.25) is 0 Å². The van der Waals surface area contributed by atoms with Crippen LogP contribution in [-0.2, 0) is 16.1 Å². The third kappa shape index (κ3) is 6.68. The zero-order valence-corrected chi connectivity index (χ0v) is 22.5. The molecule has 3 aromatic carbocycles. The van der Waals surface area contributed by atoms with Crippen molar-refractivity contribution < 1.29 is 14.3 Å². The Morgan fingerprint density at radius 1 is 1.03 bits per heavy atom. The molecule has 4 rings (SSSR count). The largest absolute Gasteiger partial charge is 0.462 e. The SMILES string of the molecule is CCOC(=O)c1ccc2c(c1)NC(=O)C2=C(Nc1ccc(CN(C)CCC(C)(C)N)cc1)c1ccccc1. The molecule has 3 aromatic rings. The van der Waals surface area contributed by atoms with Crippen LogP contribution in [0.4, 0.5) is 11.4 Å². The van der Waals surface area contributed by atoms with Crippen LogP contribution >= 0.6 is 0 Å². The Morgan fingerprint density at radius 3 is 2.39 bits per heavy atom. The third-order valence-corrected chi connectivity index (χ3v) is 6.40. The number of benzene rings is 3. The van der Waals surface area contributed by atoms with Crippen LogP contribution in [0, 0.1) is 0 Å². The average Bonchev–Trinajstić information content (AvgIpc) is 3.22. The van der Waals surface area contributed by atoms with E-state index in [0.717, 1.165) is 36.3 Å². The molecular weight excluding hydrogens is 476 g/mol. The van der Waals surface area contributed by atoms with Gasteiger partial charge in [-0.3, -0.25) is 4.79 Å². The lowest BCUT2D eigenvalue weighted by Crippen LogP contribution is -2.36. The van der Waals surface area contributed by atoms with Crippen LogP contribution < -0.4 is 16.4 Å². The van der Waals surface area contributed by atoms with Gasteiger partial charge < -0.3 is 26.0 Å². The van der Waals surface area contributed by atoms with Crippen molar-refractivity contribution >= 4 is 34.5 Å². The molecule has 4 N–H and O–H groups in total. The number of nitrogens with one attached hydrogen (secondary N) is 2. The van der Waals surface area contributed by atoms with E-state index in [9.17, 15) is 9.59 Å². The fourth-order valence-corrected chi connectivity index (χ4v) is 4.35. The Bertz CT molecular complexity index is 1330.